The first-order valence-electron chi connectivity index (χ1n) is 5.13. The van der Waals surface area contributed by atoms with Gasteiger partial charge in [0.25, 0.3) is 0 Å². The minimum absolute atomic E-state index is 0.658. The van der Waals surface area contributed by atoms with Gasteiger partial charge < -0.3 is 10.6 Å². The van der Waals surface area contributed by atoms with Gasteiger partial charge in [0.15, 0.2) is 0 Å². The van der Waals surface area contributed by atoms with E-state index >= 15 is 0 Å². The SMILES string of the molecule is CNC(CNC1CC1)CC(C)C. The van der Waals surface area contributed by atoms with E-state index in [2.05, 4.69) is 31.5 Å². The summed E-state index contributed by atoms with van der Waals surface area (Å²) < 4.78 is 0. The van der Waals surface area contributed by atoms with Crippen LogP contribution < -0.4 is 10.6 Å². The van der Waals surface area contributed by atoms with Crippen molar-refractivity contribution in [2.45, 2.75) is 45.2 Å². The van der Waals surface area contributed by atoms with E-state index in [4.69, 9.17) is 0 Å². The van der Waals surface area contributed by atoms with Crippen LogP contribution in [0.1, 0.15) is 33.1 Å². The molecule has 1 aliphatic carbocycles. The average molecular weight is 170 g/mol. The molecule has 0 amide bonds. The first kappa shape index (κ1) is 10.0. The largest absolute Gasteiger partial charge is 0.316 e. The first-order valence-corrected chi connectivity index (χ1v) is 5.13. The molecule has 0 bridgehead atoms. The van der Waals surface area contributed by atoms with E-state index in [0.717, 1.165) is 18.5 Å². The van der Waals surface area contributed by atoms with E-state index in [1.165, 1.54) is 19.3 Å². The number of rotatable bonds is 6. The van der Waals surface area contributed by atoms with Gasteiger partial charge in [-0.05, 0) is 32.2 Å². The third-order valence-electron chi connectivity index (χ3n) is 2.39. The van der Waals surface area contributed by atoms with Crippen molar-refractivity contribution < 1.29 is 0 Å². The molecular formula is C10H22N2. The van der Waals surface area contributed by atoms with Crippen molar-refractivity contribution in [3.05, 3.63) is 0 Å². The topological polar surface area (TPSA) is 24.1 Å². The molecule has 0 radical (unpaired) electrons. The van der Waals surface area contributed by atoms with Crippen LogP contribution in [0.4, 0.5) is 0 Å². The van der Waals surface area contributed by atoms with Crippen LogP contribution in [0.2, 0.25) is 0 Å². The Morgan fingerprint density at radius 3 is 2.42 bits per heavy atom. The lowest BCUT2D eigenvalue weighted by Crippen LogP contribution is -2.38. The molecule has 72 valence electrons. The van der Waals surface area contributed by atoms with Crippen LogP contribution in [0, 0.1) is 5.92 Å². The number of nitrogens with one attached hydrogen (secondary N) is 2. The highest BCUT2D eigenvalue weighted by Gasteiger charge is 2.21. The van der Waals surface area contributed by atoms with Crippen molar-refractivity contribution in [3.63, 3.8) is 0 Å². The van der Waals surface area contributed by atoms with Gasteiger partial charge in [-0.1, -0.05) is 13.8 Å². The quantitative estimate of drug-likeness (QED) is 0.629. The summed E-state index contributed by atoms with van der Waals surface area (Å²) in [4.78, 5) is 0. The van der Waals surface area contributed by atoms with Crippen LogP contribution in [0.25, 0.3) is 0 Å². The monoisotopic (exact) mass is 170 g/mol. The third kappa shape index (κ3) is 4.07. The van der Waals surface area contributed by atoms with Crippen LogP contribution in [-0.2, 0) is 0 Å². The number of likely N-dealkylation sites (N-methyl/N-ethyl adjacent to an activating group) is 1. The lowest BCUT2D eigenvalue weighted by atomic mass is 10.0. The lowest BCUT2D eigenvalue weighted by molar-refractivity contribution is 0.419. The molecular weight excluding hydrogens is 148 g/mol. The standard InChI is InChI=1S/C10H22N2/c1-8(2)6-10(11-3)7-12-9-4-5-9/h8-12H,4-7H2,1-3H3. The first-order chi connectivity index (χ1) is 5.72. The van der Waals surface area contributed by atoms with Gasteiger partial charge in [0, 0.05) is 18.6 Å². The molecule has 1 atom stereocenters. The van der Waals surface area contributed by atoms with E-state index in [9.17, 15) is 0 Å². The van der Waals surface area contributed by atoms with E-state index in [1.807, 2.05) is 0 Å². The van der Waals surface area contributed by atoms with Crippen LogP contribution in [-0.4, -0.2) is 25.7 Å². The summed E-state index contributed by atoms with van der Waals surface area (Å²) in [5, 5.41) is 6.90. The second kappa shape index (κ2) is 4.83. The lowest BCUT2D eigenvalue weighted by Gasteiger charge is -2.18. The maximum absolute atomic E-state index is 3.55. The fraction of sp³-hybridized carbons (Fsp3) is 1.00. The summed E-state index contributed by atoms with van der Waals surface area (Å²) in [5.41, 5.74) is 0. The molecule has 2 nitrogen and oxygen atoms in total. The van der Waals surface area contributed by atoms with E-state index in [0.29, 0.717) is 6.04 Å². The van der Waals surface area contributed by atoms with Gasteiger partial charge in [0.2, 0.25) is 0 Å². The molecule has 1 unspecified atom stereocenters. The minimum atomic E-state index is 0.658. The summed E-state index contributed by atoms with van der Waals surface area (Å²) in [6.07, 6.45) is 4.05. The molecule has 0 aromatic rings. The maximum Gasteiger partial charge on any atom is 0.0192 e. The van der Waals surface area contributed by atoms with Crippen LogP contribution in [0.5, 0.6) is 0 Å². The third-order valence-corrected chi connectivity index (χ3v) is 2.39. The van der Waals surface area contributed by atoms with Crippen molar-refractivity contribution in [1.29, 1.82) is 0 Å². The molecule has 2 heteroatoms. The summed E-state index contributed by atoms with van der Waals surface area (Å²) in [6.45, 7) is 5.70. The molecule has 1 aliphatic rings. The zero-order valence-corrected chi connectivity index (χ0v) is 8.56. The summed E-state index contributed by atoms with van der Waals surface area (Å²) in [6, 6.07) is 1.50. The van der Waals surface area contributed by atoms with Gasteiger partial charge in [0.1, 0.15) is 0 Å². The Bertz CT molecular complexity index is 119. The predicted octanol–water partition coefficient (Wildman–Crippen LogP) is 1.37. The molecule has 1 saturated carbocycles. The normalized spacial score (nSPS) is 20.0. The Labute approximate surface area is 76.1 Å². The summed E-state index contributed by atoms with van der Waals surface area (Å²) in [5.74, 6) is 0.795. The van der Waals surface area contributed by atoms with Gasteiger partial charge >= 0.3 is 0 Å². The zero-order valence-electron chi connectivity index (χ0n) is 8.56. The van der Waals surface area contributed by atoms with E-state index in [1.54, 1.807) is 0 Å². The molecule has 0 aliphatic heterocycles. The van der Waals surface area contributed by atoms with Crippen molar-refractivity contribution in [3.8, 4) is 0 Å². The molecule has 0 spiro atoms. The summed E-state index contributed by atoms with van der Waals surface area (Å²) in [7, 11) is 2.06. The van der Waals surface area contributed by atoms with Crippen LogP contribution in [0.3, 0.4) is 0 Å². The molecule has 0 aromatic heterocycles. The second-order valence-corrected chi connectivity index (χ2v) is 4.30. The van der Waals surface area contributed by atoms with Crippen LogP contribution >= 0.6 is 0 Å². The number of hydrogen-bond donors (Lipinski definition) is 2. The minimum Gasteiger partial charge on any atom is -0.316 e. The van der Waals surface area contributed by atoms with Crippen molar-refractivity contribution in [2.24, 2.45) is 5.92 Å². The second-order valence-electron chi connectivity index (χ2n) is 4.30. The summed E-state index contributed by atoms with van der Waals surface area (Å²) >= 11 is 0. The highest BCUT2D eigenvalue weighted by atomic mass is 15.0. The zero-order chi connectivity index (χ0) is 8.97. The van der Waals surface area contributed by atoms with Crippen LogP contribution in [0.15, 0.2) is 0 Å². The Balaban J connectivity index is 2.06. The average Bonchev–Trinajstić information content (AvgIpc) is 2.80. The smallest absolute Gasteiger partial charge is 0.0192 e. The van der Waals surface area contributed by atoms with Gasteiger partial charge in [-0.2, -0.15) is 0 Å². The Hall–Kier alpha value is -0.0800. The predicted molar refractivity (Wildman–Crippen MR) is 53.3 cm³/mol. The van der Waals surface area contributed by atoms with Gasteiger partial charge in [-0.25, -0.2) is 0 Å². The van der Waals surface area contributed by atoms with Crippen molar-refractivity contribution in [1.82, 2.24) is 10.6 Å². The Morgan fingerprint density at radius 1 is 1.33 bits per heavy atom. The maximum atomic E-state index is 3.55. The van der Waals surface area contributed by atoms with E-state index in [-0.39, 0.29) is 0 Å². The number of hydrogen-bond acceptors (Lipinski definition) is 2. The van der Waals surface area contributed by atoms with Crippen molar-refractivity contribution >= 4 is 0 Å². The highest BCUT2D eigenvalue weighted by Crippen LogP contribution is 2.18. The van der Waals surface area contributed by atoms with Gasteiger partial charge in [-0.15, -0.1) is 0 Å². The van der Waals surface area contributed by atoms with Gasteiger partial charge in [-0.3, -0.25) is 0 Å². The molecule has 12 heavy (non-hydrogen) atoms. The Morgan fingerprint density at radius 2 is 2.00 bits per heavy atom. The molecule has 1 fully saturated rings. The molecule has 0 saturated heterocycles. The fourth-order valence-electron chi connectivity index (χ4n) is 1.47. The molecule has 0 aromatic carbocycles. The van der Waals surface area contributed by atoms with Gasteiger partial charge in [0.05, 0.1) is 0 Å². The van der Waals surface area contributed by atoms with Crippen molar-refractivity contribution in [2.75, 3.05) is 13.6 Å². The van der Waals surface area contributed by atoms with E-state index < -0.39 is 0 Å². The Kier molecular flexibility index (Phi) is 4.02. The molecule has 2 N–H and O–H groups in total. The molecule has 0 heterocycles. The fourth-order valence-corrected chi connectivity index (χ4v) is 1.47. The molecule has 1 rings (SSSR count). The highest BCUT2D eigenvalue weighted by molar-refractivity contribution is 4.83.